The number of benzene rings is 1. The van der Waals surface area contributed by atoms with Crippen LogP contribution in [0.1, 0.15) is 48.9 Å². The molecular formula is C15H17ClNO7S-. The Morgan fingerprint density at radius 2 is 2.04 bits per heavy atom. The Balaban J connectivity index is 2.05. The molecule has 0 unspecified atom stereocenters. The van der Waals surface area contributed by atoms with Crippen LogP contribution in [-0.2, 0) is 14.1 Å². The van der Waals surface area contributed by atoms with Gasteiger partial charge in [-0.2, -0.15) is 4.33 Å². The van der Waals surface area contributed by atoms with Gasteiger partial charge in [-0.1, -0.05) is 43.7 Å². The number of ether oxygens (including phenoxy) is 1. The van der Waals surface area contributed by atoms with Gasteiger partial charge in [-0.05, 0) is 18.4 Å². The highest BCUT2D eigenvalue weighted by molar-refractivity contribution is 7.94. The standard InChI is InChI=1S/C15H18ClNO7S/c16-12-8-11(25-24-23-21)9-13(17(19)20)14(12)15(18)22-7-6-10-4-2-1-3-5-10/h8-10,21H,1-7H2/p-1. The first kappa shape index (κ1) is 19.9. The first-order valence-corrected chi connectivity index (χ1v) is 8.93. The van der Waals surface area contributed by atoms with E-state index in [9.17, 15) is 20.2 Å². The lowest BCUT2D eigenvalue weighted by Crippen LogP contribution is -2.14. The second-order valence-electron chi connectivity index (χ2n) is 5.70. The van der Waals surface area contributed by atoms with Gasteiger partial charge in [0.05, 0.1) is 28.6 Å². The summed E-state index contributed by atoms with van der Waals surface area (Å²) in [5, 5.41) is 24.1. The van der Waals surface area contributed by atoms with Gasteiger partial charge in [0.1, 0.15) is 0 Å². The Kier molecular flexibility index (Phi) is 7.91. The molecule has 0 spiro atoms. The lowest BCUT2D eigenvalue weighted by atomic mass is 9.87. The van der Waals surface area contributed by atoms with E-state index in [1.54, 1.807) is 0 Å². The van der Waals surface area contributed by atoms with Crippen molar-refractivity contribution >= 4 is 35.3 Å². The largest absolute Gasteiger partial charge is 0.691 e. The molecule has 0 heterocycles. The smallest absolute Gasteiger partial charge is 0.346 e. The number of carbonyl (C=O) groups is 1. The summed E-state index contributed by atoms with van der Waals surface area (Å²) in [4.78, 5) is 22.9. The maximum atomic E-state index is 12.2. The lowest BCUT2D eigenvalue weighted by Gasteiger charge is -2.21. The molecule has 1 aromatic rings. The van der Waals surface area contributed by atoms with Crippen LogP contribution in [0.4, 0.5) is 5.69 Å². The van der Waals surface area contributed by atoms with Gasteiger partial charge in [0.2, 0.25) is 0 Å². The van der Waals surface area contributed by atoms with Crippen molar-refractivity contribution in [3.8, 4) is 0 Å². The van der Waals surface area contributed by atoms with E-state index in [0.717, 1.165) is 25.3 Å². The molecule has 0 radical (unpaired) electrons. The molecular weight excluding hydrogens is 374 g/mol. The van der Waals surface area contributed by atoms with Crippen molar-refractivity contribution in [2.75, 3.05) is 6.61 Å². The minimum atomic E-state index is -0.843. The van der Waals surface area contributed by atoms with Gasteiger partial charge < -0.3 is 9.99 Å². The van der Waals surface area contributed by atoms with Crippen LogP contribution < -0.4 is 5.26 Å². The summed E-state index contributed by atoms with van der Waals surface area (Å²) in [6, 6.07) is 2.32. The highest BCUT2D eigenvalue weighted by Crippen LogP contribution is 2.34. The molecule has 0 aliphatic heterocycles. The van der Waals surface area contributed by atoms with Gasteiger partial charge in [0, 0.05) is 11.0 Å². The molecule has 0 saturated heterocycles. The van der Waals surface area contributed by atoms with Crippen molar-refractivity contribution < 1.29 is 29.1 Å². The molecule has 1 aliphatic rings. The minimum absolute atomic E-state index is 0.145. The fourth-order valence-corrected chi connectivity index (χ4v) is 3.67. The van der Waals surface area contributed by atoms with E-state index < -0.39 is 16.6 Å². The van der Waals surface area contributed by atoms with Crippen LogP contribution in [0.15, 0.2) is 17.0 Å². The summed E-state index contributed by atoms with van der Waals surface area (Å²) in [7, 11) is 0. The van der Waals surface area contributed by atoms with E-state index in [1.807, 2.05) is 0 Å². The first-order valence-electron chi connectivity index (χ1n) is 7.81. The summed E-state index contributed by atoms with van der Waals surface area (Å²) in [5.74, 6) is -0.319. The van der Waals surface area contributed by atoms with Gasteiger partial charge in [0.25, 0.3) is 5.69 Å². The number of carbonyl (C=O) groups excluding carboxylic acids is 1. The van der Waals surface area contributed by atoms with Crippen molar-refractivity contribution in [2.24, 2.45) is 5.92 Å². The average Bonchev–Trinajstić information content (AvgIpc) is 2.60. The number of nitrogens with zero attached hydrogens (tertiary/aromatic N) is 1. The van der Waals surface area contributed by atoms with Crippen molar-refractivity contribution in [1.29, 1.82) is 0 Å². The van der Waals surface area contributed by atoms with Crippen molar-refractivity contribution in [3.05, 3.63) is 32.8 Å². The number of nitro benzene ring substituents is 1. The van der Waals surface area contributed by atoms with E-state index in [1.165, 1.54) is 25.3 Å². The van der Waals surface area contributed by atoms with Crippen LogP contribution in [0.3, 0.4) is 0 Å². The molecule has 10 heteroatoms. The summed E-state index contributed by atoms with van der Waals surface area (Å²) in [6.07, 6.45) is 6.58. The number of esters is 1. The molecule has 25 heavy (non-hydrogen) atoms. The lowest BCUT2D eigenvalue weighted by molar-refractivity contribution is -0.777. The van der Waals surface area contributed by atoms with Crippen LogP contribution in [0, 0.1) is 16.0 Å². The predicted octanol–water partition coefficient (Wildman–Crippen LogP) is 3.61. The van der Waals surface area contributed by atoms with E-state index in [-0.39, 0.29) is 22.1 Å². The first-order chi connectivity index (χ1) is 12.0. The maximum Gasteiger partial charge on any atom is 0.346 e. The zero-order valence-corrected chi connectivity index (χ0v) is 14.8. The molecule has 0 N–H and O–H groups in total. The number of rotatable bonds is 8. The van der Waals surface area contributed by atoms with E-state index in [2.05, 4.69) is 9.37 Å². The summed E-state index contributed by atoms with van der Waals surface area (Å²) in [6.45, 7) is 0.195. The van der Waals surface area contributed by atoms with Gasteiger partial charge >= 0.3 is 5.97 Å². The Morgan fingerprint density at radius 3 is 2.68 bits per heavy atom. The molecule has 1 saturated carbocycles. The summed E-state index contributed by atoms with van der Waals surface area (Å²) >= 11 is 6.43. The number of hydrogen-bond donors (Lipinski definition) is 0. The monoisotopic (exact) mass is 390 g/mol. The molecule has 2 rings (SSSR count). The molecule has 138 valence electrons. The fraction of sp³-hybridized carbons (Fsp3) is 0.533. The van der Waals surface area contributed by atoms with Crippen molar-refractivity contribution in [3.63, 3.8) is 0 Å². The number of nitro groups is 1. The van der Waals surface area contributed by atoms with Crippen LogP contribution >= 0.6 is 23.6 Å². The fourth-order valence-electron chi connectivity index (χ4n) is 2.88. The highest BCUT2D eigenvalue weighted by atomic mass is 35.5. The Morgan fingerprint density at radius 1 is 1.32 bits per heavy atom. The average molecular weight is 391 g/mol. The third kappa shape index (κ3) is 5.82. The third-order valence-electron chi connectivity index (χ3n) is 4.09. The van der Waals surface area contributed by atoms with Crippen LogP contribution in [-0.4, -0.2) is 17.5 Å². The van der Waals surface area contributed by atoms with Crippen molar-refractivity contribution in [2.45, 2.75) is 43.4 Å². The SMILES string of the molecule is O=C(OCCC1CCCCC1)c1c(Cl)cc(SOO[O-])cc1[N+](=O)[O-]. The Hall–Kier alpha value is -1.39. The highest BCUT2D eigenvalue weighted by Gasteiger charge is 2.27. The molecule has 0 aromatic heterocycles. The summed E-state index contributed by atoms with van der Waals surface area (Å²) < 4.78 is 9.29. The van der Waals surface area contributed by atoms with Crippen LogP contribution in [0.5, 0.6) is 0 Å². The topological polar surface area (TPSA) is 111 Å². The van der Waals surface area contributed by atoms with E-state index >= 15 is 0 Å². The van der Waals surface area contributed by atoms with Crippen LogP contribution in [0.25, 0.3) is 0 Å². The zero-order valence-electron chi connectivity index (χ0n) is 13.3. The number of hydrogen-bond acceptors (Lipinski definition) is 8. The molecule has 0 atom stereocenters. The Bertz CT molecular complexity index is 622. The quantitative estimate of drug-likeness (QED) is 0.217. The molecule has 1 aliphatic carbocycles. The third-order valence-corrected chi connectivity index (χ3v) is 4.94. The minimum Gasteiger partial charge on any atom is -0.691 e. The van der Waals surface area contributed by atoms with E-state index in [4.69, 9.17) is 16.3 Å². The van der Waals surface area contributed by atoms with Gasteiger partial charge in [-0.15, -0.1) is 0 Å². The predicted molar refractivity (Wildman–Crippen MR) is 87.6 cm³/mol. The molecule has 0 amide bonds. The summed E-state index contributed by atoms with van der Waals surface area (Å²) in [5.41, 5.74) is -0.838. The second kappa shape index (κ2) is 9.93. The molecule has 1 fully saturated rings. The van der Waals surface area contributed by atoms with Gasteiger partial charge in [0.15, 0.2) is 5.56 Å². The van der Waals surface area contributed by atoms with Crippen LogP contribution in [0.2, 0.25) is 5.02 Å². The van der Waals surface area contributed by atoms with Gasteiger partial charge in [-0.25, -0.2) is 4.79 Å². The molecule has 8 nitrogen and oxygen atoms in total. The zero-order chi connectivity index (χ0) is 18.2. The van der Waals surface area contributed by atoms with E-state index in [0.29, 0.717) is 18.0 Å². The number of halogens is 1. The Labute approximate surface area is 153 Å². The second-order valence-corrected chi connectivity index (χ2v) is 6.89. The van der Waals surface area contributed by atoms with Crippen molar-refractivity contribution in [1.82, 2.24) is 0 Å². The normalized spacial score (nSPS) is 15.1. The van der Waals surface area contributed by atoms with Gasteiger partial charge in [-0.3, -0.25) is 15.2 Å². The molecule has 0 bridgehead atoms. The maximum absolute atomic E-state index is 12.2. The molecule has 1 aromatic carbocycles.